The van der Waals surface area contributed by atoms with Crippen LogP contribution in [0, 0.1) is 17.2 Å². The van der Waals surface area contributed by atoms with Gasteiger partial charge in [-0.3, -0.25) is 29.8 Å². The number of anilines is 2. The summed E-state index contributed by atoms with van der Waals surface area (Å²) in [7, 11) is 0. The molecule has 1 unspecified atom stereocenters. The molecule has 0 saturated carbocycles. The van der Waals surface area contributed by atoms with E-state index in [1.165, 1.54) is 82.8 Å². The topological polar surface area (TPSA) is 222 Å². The molecule has 4 rings (SSSR count). The number of hydrogen-bond donors (Lipinski definition) is 3. The Hall–Kier alpha value is -5.59. The number of hydrogen-bond acceptors (Lipinski definition) is 11. The number of fused-ring (bicyclic) bond motifs is 1. The molecule has 1 saturated heterocycles. The van der Waals surface area contributed by atoms with Crippen molar-refractivity contribution in [3.05, 3.63) is 70.5 Å². The van der Waals surface area contributed by atoms with Crippen molar-refractivity contribution in [2.75, 3.05) is 23.0 Å². The summed E-state index contributed by atoms with van der Waals surface area (Å²) in [5, 5.41) is 19.9. The number of amides is 2. The van der Waals surface area contributed by atoms with Crippen LogP contribution in [0.15, 0.2) is 59.4 Å². The molecular weight excluding hydrogens is 650 g/mol. The van der Waals surface area contributed by atoms with Gasteiger partial charge in [0.25, 0.3) is 11.6 Å². The molecule has 15 heteroatoms. The van der Waals surface area contributed by atoms with Crippen LogP contribution in [-0.2, 0) is 38.2 Å². The lowest BCUT2D eigenvalue weighted by Gasteiger charge is -2.42. The fourth-order valence-electron chi connectivity index (χ4n) is 5.38. The minimum Gasteiger partial charge on any atom is -0.481 e. The number of carboxylic acid groups (broad SMARTS) is 1. The number of carbonyl (C=O) groups excluding carboxylic acids is 4. The first-order valence-corrected chi connectivity index (χ1v) is 15.6. The summed E-state index contributed by atoms with van der Waals surface area (Å²) >= 11 is 0. The summed E-state index contributed by atoms with van der Waals surface area (Å²) < 4.78 is 16.9. The molecule has 2 atom stereocenters. The van der Waals surface area contributed by atoms with Gasteiger partial charge >= 0.3 is 17.9 Å². The molecule has 264 valence electrons. The molecule has 3 aromatic rings. The summed E-state index contributed by atoms with van der Waals surface area (Å²) in [4.78, 5) is 85.9. The standard InChI is InChI=1S/C35H39N5O10/c1-33(2,3)49-31(46)35(37,32(47)50-34(4,5)6)40(21-12-10-20(19-36)11-13-21)29(44)23(18-27(42)43)28-30(45)39(16-17-48-28)25-9-7-8-24-22(25)14-15-26(41)38-24/h7-15,23,28H,16-18,37H2,1-6H3,(H,38,41)(H,42,43)/t23?,28-/m1/s1. The van der Waals surface area contributed by atoms with Crippen molar-refractivity contribution in [2.24, 2.45) is 11.7 Å². The van der Waals surface area contributed by atoms with E-state index in [4.69, 9.17) is 19.9 Å². The number of benzene rings is 2. The van der Waals surface area contributed by atoms with Gasteiger partial charge in [0.1, 0.15) is 17.3 Å². The van der Waals surface area contributed by atoms with Gasteiger partial charge in [-0.05, 0) is 84.0 Å². The Morgan fingerprint density at radius 3 is 2.14 bits per heavy atom. The van der Waals surface area contributed by atoms with E-state index in [1.807, 2.05) is 6.07 Å². The average Bonchev–Trinajstić information content (AvgIpc) is 3.02. The number of carboxylic acids is 1. The van der Waals surface area contributed by atoms with E-state index in [1.54, 1.807) is 18.2 Å². The van der Waals surface area contributed by atoms with Crippen LogP contribution in [0.1, 0.15) is 53.5 Å². The molecule has 1 aliphatic heterocycles. The Bertz CT molecular complexity index is 1890. The number of ether oxygens (including phenoxy) is 3. The third-order valence-corrected chi connectivity index (χ3v) is 7.48. The second-order valence-corrected chi connectivity index (χ2v) is 13.6. The Balaban J connectivity index is 1.91. The summed E-state index contributed by atoms with van der Waals surface area (Å²) in [6.07, 6.45) is -2.73. The first-order valence-electron chi connectivity index (χ1n) is 15.6. The van der Waals surface area contributed by atoms with Crippen LogP contribution >= 0.6 is 0 Å². The number of pyridine rings is 1. The lowest BCUT2D eigenvalue weighted by Crippen LogP contribution is -2.72. The lowest BCUT2D eigenvalue weighted by molar-refractivity contribution is -0.178. The molecule has 2 aromatic carbocycles. The van der Waals surface area contributed by atoms with E-state index >= 15 is 0 Å². The predicted octanol–water partition coefficient (Wildman–Crippen LogP) is 2.59. The quantitative estimate of drug-likeness (QED) is 0.168. The first-order chi connectivity index (χ1) is 23.3. The van der Waals surface area contributed by atoms with Gasteiger partial charge in [-0.15, -0.1) is 0 Å². The molecule has 0 spiro atoms. The van der Waals surface area contributed by atoms with Crippen LogP contribution in [0.3, 0.4) is 0 Å². The highest BCUT2D eigenvalue weighted by atomic mass is 16.6. The first kappa shape index (κ1) is 37.2. The van der Waals surface area contributed by atoms with Crippen LogP contribution in [0.5, 0.6) is 0 Å². The van der Waals surface area contributed by atoms with Crippen LogP contribution in [0.25, 0.3) is 10.9 Å². The maximum absolute atomic E-state index is 14.9. The third-order valence-electron chi connectivity index (χ3n) is 7.48. The van der Waals surface area contributed by atoms with E-state index in [0.29, 0.717) is 21.5 Å². The number of aromatic nitrogens is 1. The Kier molecular flexibility index (Phi) is 10.5. The summed E-state index contributed by atoms with van der Waals surface area (Å²) in [6, 6.07) is 14.7. The fraction of sp³-hybridized carbons (Fsp3) is 0.400. The number of morpholine rings is 1. The number of nitrogens with one attached hydrogen (secondary N) is 1. The van der Waals surface area contributed by atoms with Crippen molar-refractivity contribution in [1.82, 2.24) is 4.98 Å². The molecule has 2 amide bonds. The molecular formula is C35H39N5O10. The van der Waals surface area contributed by atoms with E-state index in [0.717, 1.165) is 0 Å². The monoisotopic (exact) mass is 689 g/mol. The van der Waals surface area contributed by atoms with Gasteiger partial charge in [0.15, 0.2) is 0 Å². The van der Waals surface area contributed by atoms with Gasteiger partial charge < -0.3 is 29.2 Å². The molecule has 0 radical (unpaired) electrons. The second kappa shape index (κ2) is 14.1. The largest absolute Gasteiger partial charge is 0.481 e. The van der Waals surface area contributed by atoms with Gasteiger partial charge in [-0.25, -0.2) is 9.59 Å². The maximum Gasteiger partial charge on any atom is 0.360 e. The molecule has 1 aromatic heterocycles. The highest BCUT2D eigenvalue weighted by molar-refractivity contribution is 6.17. The minimum absolute atomic E-state index is 0.0114. The summed E-state index contributed by atoms with van der Waals surface area (Å²) in [6.45, 7) is 8.92. The second-order valence-electron chi connectivity index (χ2n) is 13.6. The molecule has 15 nitrogen and oxygen atoms in total. The Labute approximate surface area is 287 Å². The normalized spacial score (nSPS) is 15.9. The van der Waals surface area contributed by atoms with Crippen molar-refractivity contribution >= 4 is 52.0 Å². The number of aromatic amines is 1. The molecule has 50 heavy (non-hydrogen) atoms. The van der Waals surface area contributed by atoms with E-state index in [2.05, 4.69) is 4.98 Å². The zero-order chi connectivity index (χ0) is 37.2. The van der Waals surface area contributed by atoms with E-state index in [-0.39, 0.29) is 30.0 Å². The number of nitrogens with two attached hydrogens (primary N) is 1. The van der Waals surface area contributed by atoms with Crippen LogP contribution in [0.2, 0.25) is 0 Å². The van der Waals surface area contributed by atoms with Gasteiger partial charge in [0, 0.05) is 23.7 Å². The fourth-order valence-corrected chi connectivity index (χ4v) is 5.38. The number of H-pyrrole nitrogens is 1. The van der Waals surface area contributed by atoms with Crippen molar-refractivity contribution in [1.29, 1.82) is 5.26 Å². The highest BCUT2D eigenvalue weighted by Gasteiger charge is 2.58. The average molecular weight is 690 g/mol. The number of nitriles is 1. The van der Waals surface area contributed by atoms with Gasteiger partial charge in [-0.2, -0.15) is 5.26 Å². The Morgan fingerprint density at radius 1 is 1.00 bits per heavy atom. The minimum atomic E-state index is -3.07. The zero-order valence-electron chi connectivity index (χ0n) is 28.5. The van der Waals surface area contributed by atoms with Gasteiger partial charge in [0.05, 0.1) is 41.8 Å². The molecule has 1 fully saturated rings. The van der Waals surface area contributed by atoms with Crippen molar-refractivity contribution < 1.29 is 43.3 Å². The predicted molar refractivity (Wildman–Crippen MR) is 180 cm³/mol. The SMILES string of the molecule is CC(C)(C)OC(=O)C(N)(C(=O)OC(C)(C)C)N(C(=O)C(CC(=O)O)[C@H]1OCCN(c2cccc3[nH]c(=O)ccc23)C1=O)c1ccc(C#N)cc1. The van der Waals surface area contributed by atoms with Gasteiger partial charge in [0.2, 0.25) is 11.5 Å². The number of carbonyl (C=O) groups is 5. The van der Waals surface area contributed by atoms with Crippen molar-refractivity contribution in [3.63, 3.8) is 0 Å². The van der Waals surface area contributed by atoms with Crippen LogP contribution in [0.4, 0.5) is 11.4 Å². The number of rotatable bonds is 9. The number of esters is 2. The molecule has 0 bridgehead atoms. The van der Waals surface area contributed by atoms with Crippen molar-refractivity contribution in [2.45, 2.75) is 70.9 Å². The number of aliphatic carboxylic acids is 1. The van der Waals surface area contributed by atoms with Crippen molar-refractivity contribution in [3.8, 4) is 6.07 Å². The molecule has 2 heterocycles. The van der Waals surface area contributed by atoms with Gasteiger partial charge in [-0.1, -0.05) is 6.07 Å². The van der Waals surface area contributed by atoms with E-state index < -0.39 is 65.0 Å². The summed E-state index contributed by atoms with van der Waals surface area (Å²) in [5.74, 6) is -8.23. The molecule has 4 N–H and O–H groups in total. The smallest absolute Gasteiger partial charge is 0.360 e. The van der Waals surface area contributed by atoms with Crippen LogP contribution < -0.4 is 21.1 Å². The zero-order valence-corrected chi connectivity index (χ0v) is 28.5. The summed E-state index contributed by atoms with van der Waals surface area (Å²) in [5.41, 5.74) is 1.50. The third kappa shape index (κ3) is 7.99. The molecule has 1 aliphatic rings. The van der Waals surface area contributed by atoms with Crippen LogP contribution in [-0.4, -0.2) is 75.9 Å². The van der Waals surface area contributed by atoms with E-state index in [9.17, 15) is 39.1 Å². The Morgan fingerprint density at radius 2 is 1.60 bits per heavy atom. The highest BCUT2D eigenvalue weighted by Crippen LogP contribution is 2.34. The maximum atomic E-state index is 14.9. The molecule has 0 aliphatic carbocycles. The lowest BCUT2D eigenvalue weighted by atomic mass is 9.92. The number of nitrogens with zero attached hydrogens (tertiary/aromatic N) is 3.